The zero-order valence-corrected chi connectivity index (χ0v) is 14.2. The van der Waals surface area contributed by atoms with Crippen LogP contribution in [0.2, 0.25) is 0 Å². The maximum Gasteiger partial charge on any atom is 0.303 e. The zero-order chi connectivity index (χ0) is 17.0. The average Bonchev–Trinajstić information content (AvgIpc) is 2.43. The minimum Gasteiger partial charge on any atom is -0.457 e. The molecule has 0 spiro atoms. The molecule has 0 aromatic carbocycles. The number of carbonyl (C=O) groups excluding carboxylic acids is 3. The Labute approximate surface area is 137 Å². The molecule has 4 heteroatoms. The summed E-state index contributed by atoms with van der Waals surface area (Å²) in [6.45, 7) is 7.79. The van der Waals surface area contributed by atoms with Gasteiger partial charge in [0, 0.05) is 12.8 Å². The first-order valence-corrected chi connectivity index (χ1v) is 8.32. The number of hydrogen-bond acceptors (Lipinski definition) is 4. The lowest BCUT2D eigenvalue weighted by atomic mass is 9.49. The molecular formula is C19H24O4. The highest BCUT2D eigenvalue weighted by molar-refractivity contribution is 6.08. The summed E-state index contributed by atoms with van der Waals surface area (Å²) >= 11 is 0. The normalized spacial score (nSPS) is 38.4. The summed E-state index contributed by atoms with van der Waals surface area (Å²) < 4.78 is 5.44. The van der Waals surface area contributed by atoms with Gasteiger partial charge in [-0.3, -0.25) is 14.4 Å². The molecule has 1 saturated carbocycles. The van der Waals surface area contributed by atoms with Gasteiger partial charge < -0.3 is 4.74 Å². The Kier molecular flexibility index (Phi) is 3.62. The van der Waals surface area contributed by atoms with Crippen LogP contribution in [-0.4, -0.2) is 23.6 Å². The van der Waals surface area contributed by atoms with E-state index >= 15 is 0 Å². The molecule has 0 N–H and O–H groups in total. The lowest BCUT2D eigenvalue weighted by molar-refractivity contribution is -0.155. The topological polar surface area (TPSA) is 60.4 Å². The molecule has 3 unspecified atom stereocenters. The van der Waals surface area contributed by atoms with Gasteiger partial charge >= 0.3 is 5.97 Å². The maximum absolute atomic E-state index is 12.7. The van der Waals surface area contributed by atoms with Crippen molar-refractivity contribution in [3.05, 3.63) is 23.8 Å². The molecule has 3 rings (SSSR count). The number of ether oxygens (including phenoxy) is 1. The summed E-state index contributed by atoms with van der Waals surface area (Å²) in [5, 5.41) is 0. The number of rotatable bonds is 1. The molecule has 3 aliphatic rings. The fourth-order valence-corrected chi connectivity index (χ4v) is 5.03. The third-order valence-electron chi connectivity index (χ3n) is 5.92. The van der Waals surface area contributed by atoms with Crippen molar-refractivity contribution in [3.63, 3.8) is 0 Å². The van der Waals surface area contributed by atoms with Crippen molar-refractivity contribution in [3.8, 4) is 0 Å². The molecule has 0 aromatic heterocycles. The molecule has 0 saturated heterocycles. The highest BCUT2D eigenvalue weighted by atomic mass is 16.5. The van der Waals surface area contributed by atoms with Crippen molar-refractivity contribution in [2.24, 2.45) is 22.7 Å². The minimum absolute atomic E-state index is 0.0162. The van der Waals surface area contributed by atoms with Crippen molar-refractivity contribution in [1.82, 2.24) is 0 Å². The van der Waals surface area contributed by atoms with E-state index in [1.165, 1.54) is 24.6 Å². The van der Waals surface area contributed by atoms with E-state index in [1.807, 2.05) is 6.08 Å². The Morgan fingerprint density at radius 1 is 1.13 bits per heavy atom. The lowest BCUT2D eigenvalue weighted by Crippen LogP contribution is -2.55. The van der Waals surface area contributed by atoms with Crippen molar-refractivity contribution in [2.45, 2.75) is 53.1 Å². The fourth-order valence-electron chi connectivity index (χ4n) is 5.03. The average molecular weight is 316 g/mol. The third-order valence-corrected chi connectivity index (χ3v) is 5.92. The standard InChI is InChI=1S/C19H24O4/c1-11(20)23-14-10-15-18(2,3)8-5-9-19(15,4)17-13(22)7-6-12(21)16(14)17/h6-7,10,14,16-17H,5,8-9H2,1-4H3/t14-,16?,17?,19?/m1/s1. The van der Waals surface area contributed by atoms with Gasteiger partial charge in [0.05, 0.1) is 5.92 Å². The molecule has 0 radical (unpaired) electrons. The Bertz CT molecular complexity index is 640. The molecule has 124 valence electrons. The van der Waals surface area contributed by atoms with Gasteiger partial charge in [-0.15, -0.1) is 0 Å². The monoisotopic (exact) mass is 316 g/mol. The first-order valence-electron chi connectivity index (χ1n) is 8.32. The van der Waals surface area contributed by atoms with Gasteiger partial charge in [-0.2, -0.15) is 0 Å². The number of fused-ring (bicyclic) bond motifs is 3. The smallest absolute Gasteiger partial charge is 0.303 e. The SMILES string of the molecule is CC(=O)O[C@@H]1C=C2C(C)(C)CCCC2(C)C2C(=O)C=CC(=O)C21. The van der Waals surface area contributed by atoms with Gasteiger partial charge in [-0.05, 0) is 41.9 Å². The Morgan fingerprint density at radius 3 is 2.43 bits per heavy atom. The van der Waals surface area contributed by atoms with Crippen LogP contribution >= 0.6 is 0 Å². The number of ketones is 2. The van der Waals surface area contributed by atoms with E-state index in [4.69, 9.17) is 4.74 Å². The minimum atomic E-state index is -0.639. The Morgan fingerprint density at radius 2 is 1.78 bits per heavy atom. The van der Waals surface area contributed by atoms with Crippen LogP contribution in [0.1, 0.15) is 47.0 Å². The van der Waals surface area contributed by atoms with Crippen LogP contribution in [0.5, 0.6) is 0 Å². The molecule has 3 aliphatic carbocycles. The summed E-state index contributed by atoms with van der Waals surface area (Å²) in [5.41, 5.74) is 0.779. The predicted molar refractivity (Wildman–Crippen MR) is 85.5 cm³/mol. The van der Waals surface area contributed by atoms with Gasteiger partial charge in [0.25, 0.3) is 0 Å². The molecule has 0 aliphatic heterocycles. The second-order valence-corrected chi connectivity index (χ2v) is 7.95. The summed E-state index contributed by atoms with van der Waals surface area (Å²) in [6.07, 6.45) is 7.04. The molecular weight excluding hydrogens is 292 g/mol. The second-order valence-electron chi connectivity index (χ2n) is 7.95. The van der Waals surface area contributed by atoms with Crippen LogP contribution in [0.25, 0.3) is 0 Å². The summed E-state index contributed by atoms with van der Waals surface area (Å²) in [6, 6.07) is 0. The highest BCUT2D eigenvalue weighted by Crippen LogP contribution is 2.59. The van der Waals surface area contributed by atoms with E-state index in [2.05, 4.69) is 20.8 Å². The third kappa shape index (κ3) is 2.39. The van der Waals surface area contributed by atoms with Crippen LogP contribution < -0.4 is 0 Å². The van der Waals surface area contributed by atoms with Crippen LogP contribution in [0.3, 0.4) is 0 Å². The van der Waals surface area contributed by atoms with E-state index in [0.717, 1.165) is 19.3 Å². The van der Waals surface area contributed by atoms with E-state index in [-0.39, 0.29) is 22.4 Å². The highest BCUT2D eigenvalue weighted by Gasteiger charge is 2.58. The van der Waals surface area contributed by atoms with Gasteiger partial charge in [0.15, 0.2) is 11.6 Å². The molecule has 4 nitrogen and oxygen atoms in total. The summed E-state index contributed by atoms with van der Waals surface area (Å²) in [4.78, 5) is 36.7. The maximum atomic E-state index is 12.7. The predicted octanol–water partition coefficient (Wildman–Crippen LogP) is 3.01. The number of allylic oxidation sites excluding steroid dienone is 3. The summed E-state index contributed by atoms with van der Waals surface area (Å²) in [7, 11) is 0. The van der Waals surface area contributed by atoms with E-state index in [1.54, 1.807) is 0 Å². The van der Waals surface area contributed by atoms with Crippen molar-refractivity contribution in [1.29, 1.82) is 0 Å². The molecule has 0 heterocycles. The molecule has 23 heavy (non-hydrogen) atoms. The lowest BCUT2D eigenvalue weighted by Gasteiger charge is -2.55. The first kappa shape index (κ1) is 16.2. The largest absolute Gasteiger partial charge is 0.457 e. The van der Waals surface area contributed by atoms with Crippen LogP contribution in [-0.2, 0) is 19.1 Å². The molecule has 4 atom stereocenters. The fraction of sp³-hybridized carbons (Fsp3) is 0.632. The Hall–Kier alpha value is -1.71. The van der Waals surface area contributed by atoms with Crippen LogP contribution in [0.15, 0.2) is 23.8 Å². The quantitative estimate of drug-likeness (QED) is 0.551. The van der Waals surface area contributed by atoms with E-state index < -0.39 is 23.9 Å². The molecule has 1 fully saturated rings. The zero-order valence-electron chi connectivity index (χ0n) is 14.2. The molecule has 0 bridgehead atoms. The van der Waals surface area contributed by atoms with Gasteiger partial charge in [-0.25, -0.2) is 0 Å². The van der Waals surface area contributed by atoms with Gasteiger partial charge in [0.1, 0.15) is 6.10 Å². The van der Waals surface area contributed by atoms with Gasteiger partial charge in [0.2, 0.25) is 0 Å². The Balaban J connectivity index is 2.18. The number of carbonyl (C=O) groups is 3. The summed E-state index contributed by atoms with van der Waals surface area (Å²) in [5.74, 6) is -1.56. The number of hydrogen-bond donors (Lipinski definition) is 0. The first-order chi connectivity index (χ1) is 10.7. The van der Waals surface area contributed by atoms with Crippen LogP contribution in [0.4, 0.5) is 0 Å². The van der Waals surface area contributed by atoms with E-state index in [9.17, 15) is 14.4 Å². The number of esters is 1. The van der Waals surface area contributed by atoms with Crippen molar-refractivity contribution < 1.29 is 19.1 Å². The molecule has 0 amide bonds. The van der Waals surface area contributed by atoms with Gasteiger partial charge in [-0.1, -0.05) is 32.8 Å². The van der Waals surface area contributed by atoms with Crippen molar-refractivity contribution in [2.75, 3.05) is 0 Å². The van der Waals surface area contributed by atoms with Crippen molar-refractivity contribution >= 4 is 17.5 Å². The van der Waals surface area contributed by atoms with Crippen LogP contribution in [0, 0.1) is 22.7 Å². The van der Waals surface area contributed by atoms with E-state index in [0.29, 0.717) is 0 Å². The second kappa shape index (κ2) is 5.15. The molecule has 0 aromatic rings.